The molecule has 0 unspecified atom stereocenters. The van der Waals surface area contributed by atoms with Crippen molar-refractivity contribution < 1.29 is 19.5 Å². The van der Waals surface area contributed by atoms with E-state index in [1.807, 2.05) is 30.3 Å². The highest BCUT2D eigenvalue weighted by atomic mass is 16.4. The Morgan fingerprint density at radius 1 is 0.756 bits per heavy atom. The van der Waals surface area contributed by atoms with Crippen LogP contribution >= 0.6 is 0 Å². The van der Waals surface area contributed by atoms with Crippen molar-refractivity contribution in [1.82, 2.24) is 42.5 Å². The van der Waals surface area contributed by atoms with E-state index in [2.05, 4.69) is 49.5 Å². The quantitative estimate of drug-likeness (QED) is 0.168. The van der Waals surface area contributed by atoms with Crippen molar-refractivity contribution in [2.75, 3.05) is 78.5 Å². The molecule has 0 spiro atoms. The molecule has 9 N–H and O–H groups in total. The van der Waals surface area contributed by atoms with Gasteiger partial charge in [0, 0.05) is 103 Å². The Kier molecular flexibility index (Phi) is 13.9. The van der Waals surface area contributed by atoms with Crippen LogP contribution < -0.4 is 42.5 Å². The molecule has 0 radical (unpaired) electrons. The lowest BCUT2D eigenvalue weighted by molar-refractivity contribution is -0.141. The third kappa shape index (κ3) is 12.4. The molecule has 3 saturated heterocycles. The second kappa shape index (κ2) is 17.4. The van der Waals surface area contributed by atoms with Crippen LogP contribution in [0, 0.1) is 5.41 Å². The molecule has 3 fully saturated rings. The molecule has 2 bridgehead atoms. The van der Waals surface area contributed by atoms with Crippen LogP contribution in [0.3, 0.4) is 0 Å². The van der Waals surface area contributed by atoms with E-state index in [0.29, 0.717) is 26.1 Å². The molecular weight excluding hydrogens is 524 g/mol. The van der Waals surface area contributed by atoms with Crippen molar-refractivity contribution in [2.24, 2.45) is 5.41 Å². The highest BCUT2D eigenvalue weighted by molar-refractivity contribution is 5.84. The van der Waals surface area contributed by atoms with E-state index in [9.17, 15) is 19.5 Å². The third-order valence-electron chi connectivity index (χ3n) is 7.61. The zero-order valence-corrected chi connectivity index (χ0v) is 24.4. The van der Waals surface area contributed by atoms with Gasteiger partial charge in [0.25, 0.3) is 0 Å². The van der Waals surface area contributed by atoms with Crippen molar-refractivity contribution in [3.05, 3.63) is 35.9 Å². The van der Waals surface area contributed by atoms with Crippen LogP contribution in [0.15, 0.2) is 30.3 Å². The lowest BCUT2D eigenvalue weighted by atomic mass is 9.90. The van der Waals surface area contributed by atoms with Gasteiger partial charge in [0.2, 0.25) is 11.8 Å². The van der Waals surface area contributed by atoms with Gasteiger partial charge in [0.05, 0.1) is 5.54 Å². The highest BCUT2D eigenvalue weighted by Gasteiger charge is 2.32. The molecule has 0 aromatic heterocycles. The topological polar surface area (TPSA) is 168 Å². The summed E-state index contributed by atoms with van der Waals surface area (Å²) in [4.78, 5) is 37.3. The molecule has 1 aromatic carbocycles. The van der Waals surface area contributed by atoms with E-state index >= 15 is 0 Å². The van der Waals surface area contributed by atoms with Crippen molar-refractivity contribution in [3.8, 4) is 0 Å². The first-order valence-corrected chi connectivity index (χ1v) is 14.9. The summed E-state index contributed by atoms with van der Waals surface area (Å²) >= 11 is 0. The molecule has 2 amide bonds. The number of carboxylic acid groups (broad SMARTS) is 1. The van der Waals surface area contributed by atoms with Gasteiger partial charge in [-0.2, -0.15) is 0 Å². The summed E-state index contributed by atoms with van der Waals surface area (Å²) in [7, 11) is 0. The Labute approximate surface area is 243 Å². The van der Waals surface area contributed by atoms with E-state index < -0.39 is 17.6 Å². The minimum Gasteiger partial charge on any atom is -0.480 e. The number of hydrogen-bond donors (Lipinski definition) is 9. The highest BCUT2D eigenvalue weighted by Crippen LogP contribution is 2.13. The SMILES string of the molecule is CC12CNCCNCC(NC(=O)CCCC(=O)N[C@H](Cc3ccccc3)C(=O)O)(CNCCNC1)CNCCNC2. The molecule has 4 rings (SSSR count). The Hall–Kier alpha value is -2.61. The fourth-order valence-electron chi connectivity index (χ4n) is 5.28. The number of hydrogen-bond acceptors (Lipinski definition) is 9. The number of benzene rings is 1. The number of carbonyl (C=O) groups is 3. The van der Waals surface area contributed by atoms with Crippen LogP contribution in [0.5, 0.6) is 0 Å². The van der Waals surface area contributed by atoms with Gasteiger partial charge in [-0.05, 0) is 12.0 Å². The maximum atomic E-state index is 13.1. The van der Waals surface area contributed by atoms with E-state index in [4.69, 9.17) is 0 Å². The number of aliphatic carboxylic acids is 1. The van der Waals surface area contributed by atoms with Crippen LogP contribution in [-0.2, 0) is 20.8 Å². The zero-order chi connectivity index (χ0) is 29.4. The second-order valence-electron chi connectivity index (χ2n) is 11.7. The predicted molar refractivity (Wildman–Crippen MR) is 160 cm³/mol. The number of carboxylic acids is 1. The fraction of sp³-hybridized carbons (Fsp3) is 0.690. The van der Waals surface area contributed by atoms with Crippen LogP contribution in [0.2, 0.25) is 0 Å². The molecule has 1 aromatic rings. The Bertz CT molecular complexity index is 904. The Morgan fingerprint density at radius 2 is 1.22 bits per heavy atom. The summed E-state index contributed by atoms with van der Waals surface area (Å²) in [5.41, 5.74) is 0.396. The standard InChI is InChI=1S/C29H50N8O4/c1-28-17-30-10-13-33-20-29(21-34-14-11-31-18-28,22-35-15-12-32-19-28)37-26(39)9-5-8-25(38)36-24(27(40)41)16-23-6-3-2-4-7-23/h2-4,6-7,24,30-35H,5,8-22H2,1H3,(H,36,38)(H,37,39)(H,40,41)/t24-,28?,29?/m1/s1. The van der Waals surface area contributed by atoms with Crippen LogP contribution in [0.1, 0.15) is 31.7 Å². The van der Waals surface area contributed by atoms with Crippen molar-refractivity contribution >= 4 is 17.8 Å². The van der Waals surface area contributed by atoms with Gasteiger partial charge >= 0.3 is 5.97 Å². The minimum atomic E-state index is -1.08. The lowest BCUT2D eigenvalue weighted by Crippen LogP contribution is -2.66. The summed E-state index contributed by atoms with van der Waals surface area (Å²) in [6.45, 7) is 11.6. The molecule has 41 heavy (non-hydrogen) atoms. The number of amides is 2. The number of nitrogens with one attached hydrogen (secondary N) is 8. The van der Waals surface area contributed by atoms with Gasteiger partial charge in [0.15, 0.2) is 0 Å². The largest absolute Gasteiger partial charge is 0.480 e. The van der Waals surface area contributed by atoms with Gasteiger partial charge in [-0.3, -0.25) is 9.59 Å². The Balaban J connectivity index is 1.54. The maximum Gasteiger partial charge on any atom is 0.326 e. The van der Waals surface area contributed by atoms with Gasteiger partial charge in [-0.15, -0.1) is 0 Å². The summed E-state index contributed by atoms with van der Waals surface area (Å²) < 4.78 is 0. The smallest absolute Gasteiger partial charge is 0.326 e. The third-order valence-corrected chi connectivity index (χ3v) is 7.61. The molecule has 0 aliphatic carbocycles. The van der Waals surface area contributed by atoms with Crippen LogP contribution in [-0.4, -0.2) is 113 Å². The number of rotatable bonds is 9. The van der Waals surface area contributed by atoms with Gasteiger partial charge in [-0.25, -0.2) is 4.79 Å². The first kappa shape index (κ1) is 32.9. The summed E-state index contributed by atoms with van der Waals surface area (Å²) in [6.07, 6.45) is 0.790. The van der Waals surface area contributed by atoms with Crippen molar-refractivity contribution in [3.63, 3.8) is 0 Å². The van der Waals surface area contributed by atoms with E-state index in [1.165, 1.54) is 0 Å². The minimum absolute atomic E-state index is 0.0790. The summed E-state index contributed by atoms with van der Waals surface area (Å²) in [6, 6.07) is 8.19. The maximum absolute atomic E-state index is 13.1. The lowest BCUT2D eigenvalue weighted by Gasteiger charge is -2.37. The van der Waals surface area contributed by atoms with E-state index in [0.717, 1.165) is 64.5 Å². The predicted octanol–water partition coefficient (Wildman–Crippen LogP) is -1.61. The molecule has 3 aliphatic heterocycles. The second-order valence-corrected chi connectivity index (χ2v) is 11.7. The summed E-state index contributed by atoms with van der Waals surface area (Å²) in [5.74, 6) is -1.58. The first-order valence-electron chi connectivity index (χ1n) is 14.9. The molecule has 3 heterocycles. The number of fused-ring (bicyclic) bond motifs is 15. The van der Waals surface area contributed by atoms with Crippen molar-refractivity contribution in [2.45, 2.75) is 44.2 Å². The number of carbonyl (C=O) groups excluding carboxylic acids is 2. The molecule has 1 atom stereocenters. The molecule has 0 saturated carbocycles. The zero-order valence-electron chi connectivity index (χ0n) is 24.4. The van der Waals surface area contributed by atoms with Gasteiger partial charge < -0.3 is 47.6 Å². The normalized spacial score (nSPS) is 25.8. The van der Waals surface area contributed by atoms with Gasteiger partial charge in [0.1, 0.15) is 6.04 Å². The van der Waals surface area contributed by atoms with E-state index in [1.54, 1.807) is 0 Å². The van der Waals surface area contributed by atoms with Crippen LogP contribution in [0.4, 0.5) is 0 Å². The molecule has 12 nitrogen and oxygen atoms in total. The average molecular weight is 575 g/mol. The van der Waals surface area contributed by atoms with Crippen LogP contribution in [0.25, 0.3) is 0 Å². The van der Waals surface area contributed by atoms with Gasteiger partial charge in [-0.1, -0.05) is 37.3 Å². The molecular formula is C29H50N8O4. The van der Waals surface area contributed by atoms with Crippen molar-refractivity contribution in [1.29, 1.82) is 0 Å². The fourth-order valence-corrected chi connectivity index (χ4v) is 5.28. The monoisotopic (exact) mass is 574 g/mol. The Morgan fingerprint density at radius 3 is 1.71 bits per heavy atom. The first-order chi connectivity index (χ1) is 19.8. The van der Waals surface area contributed by atoms with E-state index in [-0.39, 0.29) is 36.5 Å². The molecule has 3 aliphatic rings. The average Bonchev–Trinajstić information content (AvgIpc) is 2.94. The summed E-state index contributed by atoms with van der Waals surface area (Å²) in [5, 5.41) is 36.7. The molecule has 12 heteroatoms. The molecule has 230 valence electrons.